The fraction of sp³-hybridized carbons (Fsp3) is 0.364. The minimum atomic E-state index is -0.982. The lowest BCUT2D eigenvalue weighted by atomic mass is 9.86. The Balaban J connectivity index is 2.73. The average molecular weight is 237 g/mol. The number of carbonyl (C=O) groups excluding carboxylic acids is 1. The zero-order valence-corrected chi connectivity index (χ0v) is 10.0. The predicted molar refractivity (Wildman–Crippen MR) is 65.5 cm³/mol. The van der Waals surface area contributed by atoms with Gasteiger partial charge >= 0.3 is 5.97 Å². The summed E-state index contributed by atoms with van der Waals surface area (Å²) in [5.41, 5.74) is 5.87. The second-order valence-electron chi connectivity index (χ2n) is 4.10. The highest BCUT2D eigenvalue weighted by molar-refractivity contribution is 6.30. The van der Waals surface area contributed by atoms with Crippen LogP contribution in [0.1, 0.15) is 19.4 Å². The van der Waals surface area contributed by atoms with Crippen LogP contribution in [0.25, 0.3) is 0 Å². The quantitative estimate of drug-likeness (QED) is 0.496. The molecule has 0 aromatic heterocycles. The van der Waals surface area contributed by atoms with Crippen molar-refractivity contribution in [3.8, 4) is 0 Å². The van der Waals surface area contributed by atoms with Gasteiger partial charge in [0.1, 0.15) is 7.85 Å². The Labute approximate surface area is 101 Å². The largest absolute Gasteiger partial charge is 0.470 e. The molecule has 0 atom stereocenters. The third kappa shape index (κ3) is 4.15. The Morgan fingerprint density at radius 2 is 2.19 bits per heavy atom. The van der Waals surface area contributed by atoms with Crippen molar-refractivity contribution in [2.24, 2.45) is 0 Å². The van der Waals surface area contributed by atoms with Gasteiger partial charge in [0, 0.05) is 10.7 Å². The first-order chi connectivity index (χ1) is 7.28. The highest BCUT2D eigenvalue weighted by Crippen LogP contribution is 2.19. The summed E-state index contributed by atoms with van der Waals surface area (Å²) in [5.74, 6) is -0.429. The number of nitrogen functional groups attached to an aromatic ring is 1. The average Bonchev–Trinajstić information content (AvgIpc) is 2.08. The fourth-order valence-corrected chi connectivity index (χ4v) is 1.41. The molecule has 0 saturated carbocycles. The smallest absolute Gasteiger partial charge is 0.310 e. The molecule has 0 aliphatic rings. The summed E-state index contributed by atoms with van der Waals surface area (Å²) in [6.45, 7) is 3.21. The van der Waals surface area contributed by atoms with E-state index in [1.165, 1.54) is 0 Å². The molecule has 0 saturated heterocycles. The number of anilines is 1. The Morgan fingerprint density at radius 3 is 2.75 bits per heavy atom. The van der Waals surface area contributed by atoms with Gasteiger partial charge in [0.05, 0.1) is 11.9 Å². The topological polar surface area (TPSA) is 52.3 Å². The van der Waals surface area contributed by atoms with E-state index in [-0.39, 0.29) is 6.42 Å². The van der Waals surface area contributed by atoms with Crippen molar-refractivity contribution in [1.82, 2.24) is 0 Å². The minimum Gasteiger partial charge on any atom is -0.470 e. The van der Waals surface area contributed by atoms with Gasteiger partial charge in [-0.25, -0.2) is 0 Å². The van der Waals surface area contributed by atoms with E-state index in [9.17, 15) is 4.79 Å². The fourth-order valence-electron chi connectivity index (χ4n) is 1.21. The third-order valence-corrected chi connectivity index (χ3v) is 2.05. The number of nitrogens with two attached hydrogens (primary N) is 1. The molecule has 16 heavy (non-hydrogen) atoms. The maximum absolute atomic E-state index is 11.5. The van der Waals surface area contributed by atoms with Gasteiger partial charge in [0.25, 0.3) is 0 Å². The number of halogens is 1. The van der Waals surface area contributed by atoms with E-state index in [4.69, 9.17) is 29.9 Å². The van der Waals surface area contributed by atoms with E-state index in [1.54, 1.807) is 32.0 Å². The van der Waals surface area contributed by atoms with Gasteiger partial charge in [0.15, 0.2) is 0 Å². The summed E-state index contributed by atoms with van der Waals surface area (Å²) >= 11 is 5.80. The number of rotatable bonds is 3. The monoisotopic (exact) mass is 237 g/mol. The van der Waals surface area contributed by atoms with Crippen LogP contribution in [0.3, 0.4) is 0 Å². The first kappa shape index (κ1) is 12.9. The van der Waals surface area contributed by atoms with Gasteiger partial charge in [-0.15, -0.1) is 0 Å². The minimum absolute atomic E-state index is 0.0625. The molecular weight excluding hydrogens is 224 g/mol. The molecule has 3 nitrogen and oxygen atoms in total. The van der Waals surface area contributed by atoms with Gasteiger partial charge < -0.3 is 10.5 Å². The van der Waals surface area contributed by atoms with Gasteiger partial charge in [-0.3, -0.25) is 4.79 Å². The molecule has 84 valence electrons. The molecule has 5 heteroatoms. The maximum atomic E-state index is 11.5. The molecule has 0 aliphatic carbocycles. The Hall–Kier alpha value is -1.16. The summed E-state index contributed by atoms with van der Waals surface area (Å²) in [6, 6.07) is 4.96. The normalized spacial score (nSPS) is 11.2. The lowest BCUT2D eigenvalue weighted by Crippen LogP contribution is -2.29. The van der Waals surface area contributed by atoms with Crippen molar-refractivity contribution in [3.05, 3.63) is 28.8 Å². The highest BCUT2D eigenvalue weighted by Gasteiger charge is 2.16. The first-order valence-electron chi connectivity index (χ1n) is 4.82. The number of ether oxygens (including phenoxy) is 1. The molecule has 2 N–H and O–H groups in total. The first-order valence-corrected chi connectivity index (χ1v) is 5.20. The summed E-state index contributed by atoms with van der Waals surface area (Å²) in [5, 5.41) is 0.531. The summed E-state index contributed by atoms with van der Waals surface area (Å²) in [4.78, 5) is 11.5. The molecule has 0 bridgehead atoms. The van der Waals surface area contributed by atoms with Crippen molar-refractivity contribution in [2.75, 3.05) is 5.73 Å². The summed E-state index contributed by atoms with van der Waals surface area (Å²) in [6.07, 6.45) is 0.0625. The molecule has 0 unspecified atom stereocenters. The molecule has 1 aromatic rings. The van der Waals surface area contributed by atoms with Crippen molar-refractivity contribution >= 4 is 31.1 Å². The van der Waals surface area contributed by atoms with Gasteiger partial charge in [-0.2, -0.15) is 0 Å². The van der Waals surface area contributed by atoms with Crippen molar-refractivity contribution in [3.63, 3.8) is 0 Å². The van der Waals surface area contributed by atoms with Crippen LogP contribution in [0.15, 0.2) is 18.2 Å². The summed E-state index contributed by atoms with van der Waals surface area (Å²) < 4.78 is 4.98. The molecular formula is C11H13BClNO2. The van der Waals surface area contributed by atoms with Crippen molar-refractivity contribution < 1.29 is 9.53 Å². The van der Waals surface area contributed by atoms with E-state index in [0.29, 0.717) is 16.3 Å². The second-order valence-corrected chi connectivity index (χ2v) is 4.53. The zero-order chi connectivity index (χ0) is 12.3. The van der Waals surface area contributed by atoms with E-state index in [0.717, 1.165) is 0 Å². The van der Waals surface area contributed by atoms with Crippen molar-refractivity contribution in [1.29, 1.82) is 0 Å². The molecule has 1 aromatic carbocycles. The van der Waals surface area contributed by atoms with E-state index < -0.39 is 11.5 Å². The van der Waals surface area contributed by atoms with Gasteiger partial charge in [-0.1, -0.05) is 11.6 Å². The molecule has 0 fully saturated rings. The molecule has 0 spiro atoms. The van der Waals surface area contributed by atoms with Crippen LogP contribution in [0.4, 0.5) is 5.69 Å². The van der Waals surface area contributed by atoms with Crippen LogP contribution in [0, 0.1) is 0 Å². The van der Waals surface area contributed by atoms with E-state index >= 15 is 0 Å². The maximum Gasteiger partial charge on any atom is 0.310 e. The second kappa shape index (κ2) is 4.79. The number of esters is 1. The van der Waals surface area contributed by atoms with E-state index in [1.807, 2.05) is 0 Å². The van der Waals surface area contributed by atoms with Crippen LogP contribution in [-0.2, 0) is 16.0 Å². The van der Waals surface area contributed by atoms with Crippen molar-refractivity contribution in [2.45, 2.75) is 25.8 Å². The Morgan fingerprint density at radius 1 is 1.56 bits per heavy atom. The number of carbonyl (C=O) groups is 1. The van der Waals surface area contributed by atoms with Gasteiger partial charge in [-0.05, 0) is 37.6 Å². The third-order valence-electron chi connectivity index (χ3n) is 1.82. The standard InChI is InChI=1S/C11H13BClNO2/c1-11(2,12)16-10(15)6-7-5-8(13)3-4-9(7)14/h3-5H,6,14H2,1-2H3. The molecule has 1 rings (SSSR count). The predicted octanol–water partition coefficient (Wildman–Crippen LogP) is 1.91. The van der Waals surface area contributed by atoms with Crippen LogP contribution in [-0.4, -0.2) is 19.3 Å². The molecule has 0 amide bonds. The molecule has 2 radical (unpaired) electrons. The van der Waals surface area contributed by atoms with Crippen LogP contribution in [0.5, 0.6) is 0 Å². The Kier molecular flexibility index (Phi) is 3.86. The SMILES string of the molecule is [B]C(C)(C)OC(=O)Cc1cc(Cl)ccc1N. The van der Waals surface area contributed by atoms with Crippen LogP contribution < -0.4 is 5.73 Å². The lowest BCUT2D eigenvalue weighted by molar-refractivity contribution is -0.149. The summed E-state index contributed by atoms with van der Waals surface area (Å²) in [7, 11) is 5.56. The zero-order valence-electron chi connectivity index (χ0n) is 9.29. The highest BCUT2D eigenvalue weighted by atomic mass is 35.5. The molecule has 0 heterocycles. The Bertz CT molecular complexity index is 401. The number of benzene rings is 1. The number of hydrogen-bond acceptors (Lipinski definition) is 3. The lowest BCUT2D eigenvalue weighted by Gasteiger charge is -2.20. The molecule has 0 aliphatic heterocycles. The van der Waals surface area contributed by atoms with E-state index in [2.05, 4.69) is 0 Å². The van der Waals surface area contributed by atoms with Gasteiger partial charge in [0.2, 0.25) is 0 Å². The van der Waals surface area contributed by atoms with Crippen LogP contribution in [0.2, 0.25) is 5.02 Å². The number of hydrogen-bond donors (Lipinski definition) is 1. The van der Waals surface area contributed by atoms with Crippen LogP contribution >= 0.6 is 11.6 Å².